The van der Waals surface area contributed by atoms with Crippen LogP contribution in [0.2, 0.25) is 0 Å². The predicted molar refractivity (Wildman–Crippen MR) is 75.2 cm³/mol. The number of aromatic hydroxyl groups is 1. The van der Waals surface area contributed by atoms with Crippen molar-refractivity contribution in [1.29, 1.82) is 0 Å². The zero-order valence-corrected chi connectivity index (χ0v) is 11.9. The van der Waals surface area contributed by atoms with Crippen LogP contribution in [0.3, 0.4) is 0 Å². The molecule has 18 heavy (non-hydrogen) atoms. The van der Waals surface area contributed by atoms with Gasteiger partial charge in [0.25, 0.3) is 0 Å². The van der Waals surface area contributed by atoms with Crippen LogP contribution in [0.25, 0.3) is 0 Å². The highest BCUT2D eigenvalue weighted by atomic mass is 16.5. The predicted octanol–water partition coefficient (Wildman–Crippen LogP) is 3.63. The standard InChI is InChI=1S/C15H25NO2/c1-5-7-13(6-2)16-11(3)12-8-9-14(17)15(10-12)18-4/h8-11,13,16-17H,5-7H2,1-4H3. The summed E-state index contributed by atoms with van der Waals surface area (Å²) in [6, 6.07) is 6.33. The van der Waals surface area contributed by atoms with Gasteiger partial charge in [-0.1, -0.05) is 26.3 Å². The lowest BCUT2D eigenvalue weighted by atomic mass is 10.0. The summed E-state index contributed by atoms with van der Waals surface area (Å²) >= 11 is 0. The Balaban J connectivity index is 2.74. The summed E-state index contributed by atoms with van der Waals surface area (Å²) in [6.45, 7) is 6.56. The first kappa shape index (κ1) is 14.8. The molecule has 1 rings (SSSR count). The number of hydrogen-bond acceptors (Lipinski definition) is 3. The van der Waals surface area contributed by atoms with E-state index in [1.807, 2.05) is 12.1 Å². The summed E-state index contributed by atoms with van der Waals surface area (Å²) < 4.78 is 5.14. The van der Waals surface area contributed by atoms with Crippen molar-refractivity contribution in [3.8, 4) is 11.5 Å². The summed E-state index contributed by atoms with van der Waals surface area (Å²) in [5, 5.41) is 13.2. The van der Waals surface area contributed by atoms with E-state index < -0.39 is 0 Å². The highest BCUT2D eigenvalue weighted by molar-refractivity contribution is 5.42. The van der Waals surface area contributed by atoms with E-state index in [-0.39, 0.29) is 11.8 Å². The molecule has 0 aliphatic rings. The monoisotopic (exact) mass is 251 g/mol. The van der Waals surface area contributed by atoms with Crippen LogP contribution in [0.15, 0.2) is 18.2 Å². The van der Waals surface area contributed by atoms with Gasteiger partial charge in [0.15, 0.2) is 11.5 Å². The lowest BCUT2D eigenvalue weighted by Gasteiger charge is -2.22. The van der Waals surface area contributed by atoms with Gasteiger partial charge in [-0.05, 0) is 37.5 Å². The minimum absolute atomic E-state index is 0.189. The molecule has 102 valence electrons. The molecule has 0 heterocycles. The lowest BCUT2D eigenvalue weighted by molar-refractivity contribution is 0.370. The van der Waals surface area contributed by atoms with Crippen LogP contribution in [0, 0.1) is 0 Å². The van der Waals surface area contributed by atoms with Crippen LogP contribution in [0.5, 0.6) is 11.5 Å². The fraction of sp³-hybridized carbons (Fsp3) is 0.600. The molecule has 0 amide bonds. The molecule has 0 aliphatic carbocycles. The van der Waals surface area contributed by atoms with E-state index in [4.69, 9.17) is 4.74 Å². The first-order chi connectivity index (χ1) is 8.62. The summed E-state index contributed by atoms with van der Waals surface area (Å²) in [6.07, 6.45) is 3.51. The largest absolute Gasteiger partial charge is 0.504 e. The molecular weight excluding hydrogens is 226 g/mol. The number of rotatable bonds is 7. The van der Waals surface area contributed by atoms with Gasteiger partial charge in [-0.3, -0.25) is 0 Å². The molecule has 2 N–H and O–H groups in total. The molecule has 2 unspecified atom stereocenters. The lowest BCUT2D eigenvalue weighted by Crippen LogP contribution is -2.30. The third kappa shape index (κ3) is 3.91. The maximum atomic E-state index is 9.58. The zero-order chi connectivity index (χ0) is 13.5. The van der Waals surface area contributed by atoms with Crippen molar-refractivity contribution in [1.82, 2.24) is 5.32 Å². The minimum atomic E-state index is 0.189. The molecule has 0 bridgehead atoms. The summed E-state index contributed by atoms with van der Waals surface area (Å²) in [4.78, 5) is 0. The molecule has 0 aliphatic heterocycles. The first-order valence-electron chi connectivity index (χ1n) is 6.75. The SMILES string of the molecule is CCCC(CC)NC(C)c1ccc(O)c(OC)c1. The Morgan fingerprint density at radius 1 is 1.33 bits per heavy atom. The van der Waals surface area contributed by atoms with E-state index in [1.54, 1.807) is 13.2 Å². The molecular formula is C15H25NO2. The maximum Gasteiger partial charge on any atom is 0.160 e. The van der Waals surface area contributed by atoms with Gasteiger partial charge in [-0.2, -0.15) is 0 Å². The van der Waals surface area contributed by atoms with Crippen molar-refractivity contribution < 1.29 is 9.84 Å². The smallest absolute Gasteiger partial charge is 0.160 e. The highest BCUT2D eigenvalue weighted by Crippen LogP contribution is 2.29. The molecule has 0 saturated heterocycles. The van der Waals surface area contributed by atoms with Gasteiger partial charge in [-0.15, -0.1) is 0 Å². The van der Waals surface area contributed by atoms with Gasteiger partial charge < -0.3 is 15.2 Å². The van der Waals surface area contributed by atoms with Crippen molar-refractivity contribution in [3.05, 3.63) is 23.8 Å². The number of ether oxygens (including phenoxy) is 1. The van der Waals surface area contributed by atoms with Crippen LogP contribution in [0.4, 0.5) is 0 Å². The second-order valence-corrected chi connectivity index (χ2v) is 4.71. The van der Waals surface area contributed by atoms with Gasteiger partial charge in [0.2, 0.25) is 0 Å². The molecule has 3 heteroatoms. The Labute approximate surface area is 110 Å². The van der Waals surface area contributed by atoms with Crippen LogP contribution < -0.4 is 10.1 Å². The molecule has 1 aromatic rings. The fourth-order valence-corrected chi connectivity index (χ4v) is 2.17. The van der Waals surface area contributed by atoms with Gasteiger partial charge in [0.1, 0.15) is 0 Å². The Kier molecular flexibility index (Phi) is 5.99. The Morgan fingerprint density at radius 2 is 2.06 bits per heavy atom. The third-order valence-electron chi connectivity index (χ3n) is 3.32. The quantitative estimate of drug-likeness (QED) is 0.777. The van der Waals surface area contributed by atoms with E-state index in [1.165, 1.54) is 12.8 Å². The minimum Gasteiger partial charge on any atom is -0.504 e. The number of phenolic OH excluding ortho intramolecular Hbond substituents is 1. The van der Waals surface area contributed by atoms with Crippen LogP contribution >= 0.6 is 0 Å². The molecule has 0 spiro atoms. The van der Waals surface area contributed by atoms with E-state index in [0.29, 0.717) is 11.8 Å². The number of benzene rings is 1. The molecule has 1 aromatic carbocycles. The van der Waals surface area contributed by atoms with Gasteiger partial charge in [0.05, 0.1) is 7.11 Å². The second kappa shape index (κ2) is 7.27. The Bertz CT molecular complexity index is 366. The van der Waals surface area contributed by atoms with Crippen LogP contribution in [-0.4, -0.2) is 18.3 Å². The van der Waals surface area contributed by atoms with E-state index >= 15 is 0 Å². The molecule has 0 radical (unpaired) electrons. The third-order valence-corrected chi connectivity index (χ3v) is 3.32. The molecule has 0 saturated carbocycles. The zero-order valence-electron chi connectivity index (χ0n) is 11.9. The molecule has 0 fully saturated rings. The van der Waals surface area contributed by atoms with Crippen LogP contribution in [0.1, 0.15) is 51.6 Å². The van der Waals surface area contributed by atoms with Gasteiger partial charge in [-0.25, -0.2) is 0 Å². The van der Waals surface area contributed by atoms with Gasteiger partial charge in [0, 0.05) is 12.1 Å². The van der Waals surface area contributed by atoms with Crippen molar-refractivity contribution in [3.63, 3.8) is 0 Å². The Morgan fingerprint density at radius 3 is 2.61 bits per heavy atom. The fourth-order valence-electron chi connectivity index (χ4n) is 2.17. The average Bonchev–Trinajstić information content (AvgIpc) is 2.38. The molecule has 3 nitrogen and oxygen atoms in total. The summed E-state index contributed by atoms with van der Waals surface area (Å²) in [7, 11) is 1.57. The average molecular weight is 251 g/mol. The topological polar surface area (TPSA) is 41.5 Å². The van der Waals surface area contributed by atoms with E-state index in [9.17, 15) is 5.11 Å². The van der Waals surface area contributed by atoms with Crippen molar-refractivity contribution in [2.24, 2.45) is 0 Å². The van der Waals surface area contributed by atoms with E-state index in [0.717, 1.165) is 12.0 Å². The maximum absolute atomic E-state index is 9.58. The number of hydrogen-bond donors (Lipinski definition) is 2. The molecule has 2 atom stereocenters. The first-order valence-corrected chi connectivity index (χ1v) is 6.75. The van der Waals surface area contributed by atoms with Gasteiger partial charge >= 0.3 is 0 Å². The number of methoxy groups -OCH3 is 1. The summed E-state index contributed by atoms with van der Waals surface area (Å²) in [5.41, 5.74) is 1.14. The summed E-state index contributed by atoms with van der Waals surface area (Å²) in [5.74, 6) is 0.721. The van der Waals surface area contributed by atoms with Crippen molar-refractivity contribution >= 4 is 0 Å². The Hall–Kier alpha value is -1.22. The highest BCUT2D eigenvalue weighted by Gasteiger charge is 2.13. The number of phenols is 1. The van der Waals surface area contributed by atoms with Crippen molar-refractivity contribution in [2.45, 2.75) is 52.1 Å². The van der Waals surface area contributed by atoms with E-state index in [2.05, 4.69) is 26.1 Å². The van der Waals surface area contributed by atoms with Crippen molar-refractivity contribution in [2.75, 3.05) is 7.11 Å². The second-order valence-electron chi connectivity index (χ2n) is 4.71. The normalized spacial score (nSPS) is 14.2. The molecule has 0 aromatic heterocycles. The number of nitrogens with one attached hydrogen (secondary N) is 1. The van der Waals surface area contributed by atoms with Crippen LogP contribution in [-0.2, 0) is 0 Å².